The van der Waals surface area contributed by atoms with E-state index in [1.54, 1.807) is 10.9 Å². The number of pyridine rings is 1. The van der Waals surface area contributed by atoms with Gasteiger partial charge in [-0.25, -0.2) is 4.98 Å². The summed E-state index contributed by atoms with van der Waals surface area (Å²) in [4.78, 5) is 25.4. The molecule has 4 rings (SSSR count). The molecular formula is C20H26N6O2. The van der Waals surface area contributed by atoms with Gasteiger partial charge in [0.2, 0.25) is 11.6 Å². The topological polar surface area (TPSA) is 80.3 Å². The van der Waals surface area contributed by atoms with Gasteiger partial charge in [0, 0.05) is 52.5 Å². The molecule has 0 spiro atoms. The molecule has 0 aromatic carbocycles. The lowest BCUT2D eigenvalue weighted by atomic mass is 9.94. The minimum atomic E-state index is 0.190. The van der Waals surface area contributed by atoms with Crippen LogP contribution in [0.4, 0.5) is 6.01 Å². The van der Waals surface area contributed by atoms with Crippen LogP contribution in [0.15, 0.2) is 35.1 Å². The number of anilines is 1. The molecule has 1 unspecified atom stereocenters. The van der Waals surface area contributed by atoms with Crippen LogP contribution in [0.5, 0.6) is 0 Å². The Bertz CT molecular complexity index is 916. The molecule has 3 aromatic rings. The number of amides is 1. The number of oxazole rings is 1. The highest BCUT2D eigenvalue weighted by molar-refractivity contribution is 5.76. The van der Waals surface area contributed by atoms with E-state index in [1.165, 1.54) is 0 Å². The summed E-state index contributed by atoms with van der Waals surface area (Å²) in [7, 11) is 3.78. The van der Waals surface area contributed by atoms with Crippen LogP contribution in [0.25, 0.3) is 11.2 Å². The molecule has 1 atom stereocenters. The fourth-order valence-electron chi connectivity index (χ4n) is 3.72. The Morgan fingerprint density at radius 3 is 3.11 bits per heavy atom. The first-order chi connectivity index (χ1) is 13.6. The van der Waals surface area contributed by atoms with Gasteiger partial charge in [-0.05, 0) is 42.9 Å². The second kappa shape index (κ2) is 8.00. The maximum atomic E-state index is 12.7. The van der Waals surface area contributed by atoms with Gasteiger partial charge in [-0.3, -0.25) is 9.48 Å². The number of rotatable bonds is 6. The third kappa shape index (κ3) is 4.16. The smallest absolute Gasteiger partial charge is 0.299 e. The van der Waals surface area contributed by atoms with E-state index in [4.69, 9.17) is 4.42 Å². The predicted molar refractivity (Wildman–Crippen MR) is 106 cm³/mol. The summed E-state index contributed by atoms with van der Waals surface area (Å²) in [5.41, 5.74) is 2.48. The van der Waals surface area contributed by atoms with E-state index in [1.807, 2.05) is 43.5 Å². The highest BCUT2D eigenvalue weighted by Gasteiger charge is 2.26. The van der Waals surface area contributed by atoms with Crippen molar-refractivity contribution in [2.24, 2.45) is 13.0 Å². The third-order valence-electron chi connectivity index (χ3n) is 5.33. The summed E-state index contributed by atoms with van der Waals surface area (Å²) in [5.74, 6) is 0.500. The van der Waals surface area contributed by atoms with Gasteiger partial charge in [0.05, 0.1) is 6.20 Å². The summed E-state index contributed by atoms with van der Waals surface area (Å²) in [6.07, 6.45) is 9.02. The Kier molecular flexibility index (Phi) is 5.27. The average molecular weight is 382 g/mol. The molecule has 0 aliphatic carbocycles. The molecule has 3 aromatic heterocycles. The van der Waals surface area contributed by atoms with E-state index in [-0.39, 0.29) is 5.91 Å². The maximum Gasteiger partial charge on any atom is 0.299 e. The highest BCUT2D eigenvalue weighted by Crippen LogP contribution is 2.27. The molecule has 0 saturated carbocycles. The van der Waals surface area contributed by atoms with E-state index in [0.717, 1.165) is 37.9 Å². The Morgan fingerprint density at radius 2 is 2.32 bits per heavy atom. The van der Waals surface area contributed by atoms with Gasteiger partial charge in [0.1, 0.15) is 0 Å². The van der Waals surface area contributed by atoms with E-state index in [2.05, 4.69) is 20.0 Å². The van der Waals surface area contributed by atoms with Gasteiger partial charge in [-0.1, -0.05) is 0 Å². The summed E-state index contributed by atoms with van der Waals surface area (Å²) in [5, 5.41) is 4.17. The van der Waals surface area contributed by atoms with Crippen molar-refractivity contribution in [2.45, 2.75) is 25.7 Å². The van der Waals surface area contributed by atoms with Crippen molar-refractivity contribution < 1.29 is 9.21 Å². The molecule has 0 N–H and O–H groups in total. The van der Waals surface area contributed by atoms with E-state index >= 15 is 0 Å². The standard InChI is InChI=1S/C20H26N6O2/c1-24(10-7-16-12-22-25(2)13-16)18(27)11-15-5-4-9-26(14-15)20-23-19-17(28-20)6-3-8-21-19/h3,6,8,12-13,15H,4-5,7,9-11,14H2,1-2H3. The fraction of sp³-hybridized carbons (Fsp3) is 0.500. The highest BCUT2D eigenvalue weighted by atomic mass is 16.4. The first kappa shape index (κ1) is 18.5. The Morgan fingerprint density at radius 1 is 1.43 bits per heavy atom. The van der Waals surface area contributed by atoms with Crippen LogP contribution in [0, 0.1) is 5.92 Å². The van der Waals surface area contributed by atoms with Crippen LogP contribution in [-0.2, 0) is 18.3 Å². The molecule has 4 heterocycles. The van der Waals surface area contributed by atoms with Gasteiger partial charge in [0.15, 0.2) is 5.58 Å². The molecule has 148 valence electrons. The Balaban J connectivity index is 1.32. The fourth-order valence-corrected chi connectivity index (χ4v) is 3.72. The second-order valence-electron chi connectivity index (χ2n) is 7.57. The molecule has 8 nitrogen and oxygen atoms in total. The largest absolute Gasteiger partial charge is 0.422 e. The second-order valence-corrected chi connectivity index (χ2v) is 7.57. The molecular weight excluding hydrogens is 356 g/mol. The molecule has 1 fully saturated rings. The van der Waals surface area contributed by atoms with Crippen LogP contribution in [0.2, 0.25) is 0 Å². The average Bonchev–Trinajstić information content (AvgIpc) is 3.32. The molecule has 28 heavy (non-hydrogen) atoms. The van der Waals surface area contributed by atoms with Gasteiger partial charge < -0.3 is 14.2 Å². The molecule has 1 aliphatic heterocycles. The number of aromatic nitrogens is 4. The van der Waals surface area contributed by atoms with Gasteiger partial charge in [-0.2, -0.15) is 10.1 Å². The monoisotopic (exact) mass is 382 g/mol. The van der Waals surface area contributed by atoms with Crippen molar-refractivity contribution >= 4 is 23.2 Å². The van der Waals surface area contributed by atoms with Crippen molar-refractivity contribution in [3.63, 3.8) is 0 Å². The van der Waals surface area contributed by atoms with E-state index in [9.17, 15) is 4.79 Å². The number of hydrogen-bond donors (Lipinski definition) is 0. The normalized spacial score (nSPS) is 17.2. The quantitative estimate of drug-likeness (QED) is 0.651. The maximum absolute atomic E-state index is 12.7. The SMILES string of the molecule is CN(CCc1cnn(C)c1)C(=O)CC1CCCN(c2nc3ncccc3o2)C1. The number of aryl methyl sites for hydroxylation is 1. The summed E-state index contributed by atoms with van der Waals surface area (Å²) < 4.78 is 7.63. The number of carbonyl (C=O) groups is 1. The number of carbonyl (C=O) groups excluding carboxylic acids is 1. The number of hydrogen-bond acceptors (Lipinski definition) is 6. The van der Waals surface area contributed by atoms with Gasteiger partial charge >= 0.3 is 0 Å². The summed E-state index contributed by atoms with van der Waals surface area (Å²) >= 11 is 0. The zero-order chi connectivity index (χ0) is 19.5. The van der Waals surface area contributed by atoms with Crippen molar-refractivity contribution in [1.82, 2.24) is 24.6 Å². The number of likely N-dealkylation sites (N-methyl/N-ethyl adjacent to an activating group) is 1. The van der Waals surface area contributed by atoms with Crippen LogP contribution in [0.3, 0.4) is 0 Å². The number of piperidine rings is 1. The Hall–Kier alpha value is -2.90. The Labute approximate surface area is 164 Å². The van der Waals surface area contributed by atoms with Crippen molar-refractivity contribution in [3.05, 3.63) is 36.3 Å². The minimum absolute atomic E-state index is 0.190. The molecule has 0 radical (unpaired) electrons. The van der Waals surface area contributed by atoms with Crippen molar-refractivity contribution in [1.29, 1.82) is 0 Å². The van der Waals surface area contributed by atoms with Crippen LogP contribution < -0.4 is 4.90 Å². The van der Waals surface area contributed by atoms with E-state index < -0.39 is 0 Å². The van der Waals surface area contributed by atoms with Crippen LogP contribution >= 0.6 is 0 Å². The molecule has 1 amide bonds. The molecule has 0 bridgehead atoms. The lowest BCUT2D eigenvalue weighted by Gasteiger charge is -2.32. The summed E-state index contributed by atoms with van der Waals surface area (Å²) in [6.45, 7) is 2.39. The lowest BCUT2D eigenvalue weighted by molar-refractivity contribution is -0.130. The van der Waals surface area contributed by atoms with Crippen LogP contribution in [0.1, 0.15) is 24.8 Å². The minimum Gasteiger partial charge on any atom is -0.422 e. The predicted octanol–water partition coefficient (Wildman–Crippen LogP) is 2.26. The van der Waals surface area contributed by atoms with Gasteiger partial charge in [-0.15, -0.1) is 0 Å². The zero-order valence-corrected chi connectivity index (χ0v) is 16.4. The first-order valence-electron chi connectivity index (χ1n) is 9.76. The van der Waals surface area contributed by atoms with E-state index in [0.29, 0.717) is 36.1 Å². The van der Waals surface area contributed by atoms with Crippen molar-refractivity contribution in [3.8, 4) is 0 Å². The van der Waals surface area contributed by atoms with Gasteiger partial charge in [0.25, 0.3) is 6.01 Å². The molecule has 8 heteroatoms. The number of nitrogens with zero attached hydrogens (tertiary/aromatic N) is 6. The molecule has 1 aliphatic rings. The van der Waals surface area contributed by atoms with Crippen molar-refractivity contribution in [2.75, 3.05) is 31.6 Å². The van der Waals surface area contributed by atoms with Crippen LogP contribution in [-0.4, -0.2) is 57.2 Å². The lowest BCUT2D eigenvalue weighted by Crippen LogP contribution is -2.38. The third-order valence-corrected chi connectivity index (χ3v) is 5.33. The zero-order valence-electron chi connectivity index (χ0n) is 16.4. The first-order valence-corrected chi connectivity index (χ1v) is 9.76. The summed E-state index contributed by atoms with van der Waals surface area (Å²) in [6, 6.07) is 4.33. The molecule has 1 saturated heterocycles. The number of fused-ring (bicyclic) bond motifs is 1.